The largest absolute Gasteiger partial charge is 0.497 e. The average molecular weight is 319 g/mol. The first-order valence-corrected chi connectivity index (χ1v) is 7.55. The van der Waals surface area contributed by atoms with Crippen LogP contribution in [0.15, 0.2) is 47.4 Å². The van der Waals surface area contributed by atoms with E-state index in [-0.39, 0.29) is 5.82 Å². The van der Waals surface area contributed by atoms with Crippen LogP contribution in [0.1, 0.15) is 10.8 Å². The third-order valence-corrected chi connectivity index (χ3v) is 4.83. The number of methoxy groups -OCH3 is 1. The van der Waals surface area contributed by atoms with Gasteiger partial charge in [-0.15, -0.1) is 11.8 Å². The highest BCUT2D eigenvalue weighted by Crippen LogP contribution is 2.44. The van der Waals surface area contributed by atoms with E-state index < -0.39 is 17.3 Å². The lowest BCUT2D eigenvalue weighted by atomic mass is 10.1. The van der Waals surface area contributed by atoms with Crippen LogP contribution < -0.4 is 10.1 Å². The first-order chi connectivity index (χ1) is 10.6. The van der Waals surface area contributed by atoms with E-state index in [9.17, 15) is 14.3 Å². The minimum Gasteiger partial charge on any atom is -0.497 e. The van der Waals surface area contributed by atoms with Crippen molar-refractivity contribution >= 4 is 23.4 Å². The van der Waals surface area contributed by atoms with E-state index in [0.717, 1.165) is 5.56 Å². The molecule has 2 N–H and O–H groups in total. The number of amides is 1. The summed E-state index contributed by atoms with van der Waals surface area (Å²) in [5, 5.41) is 12.4. The molecule has 2 aromatic rings. The molecule has 0 aromatic heterocycles. The second-order valence-corrected chi connectivity index (χ2v) is 6.07. The highest BCUT2D eigenvalue weighted by Gasteiger charge is 2.32. The van der Waals surface area contributed by atoms with Gasteiger partial charge in [-0.05, 0) is 35.9 Å². The Hall–Kier alpha value is -2.05. The number of nitrogens with one attached hydrogen (secondary N) is 1. The Morgan fingerprint density at radius 3 is 2.64 bits per heavy atom. The smallest absolute Gasteiger partial charge is 0.254 e. The van der Waals surface area contributed by atoms with Crippen LogP contribution in [0.25, 0.3) is 0 Å². The van der Waals surface area contributed by atoms with Gasteiger partial charge in [0.15, 0.2) is 0 Å². The number of ether oxygens (including phenoxy) is 1. The molecule has 2 aromatic carbocycles. The predicted octanol–water partition coefficient (Wildman–Crippen LogP) is 2.98. The predicted molar refractivity (Wildman–Crippen MR) is 82.6 cm³/mol. The number of carbonyl (C=O) groups is 1. The highest BCUT2D eigenvalue weighted by molar-refractivity contribution is 7.99. The summed E-state index contributed by atoms with van der Waals surface area (Å²) in [5.41, 5.74) is 1.28. The van der Waals surface area contributed by atoms with Gasteiger partial charge in [0, 0.05) is 4.90 Å². The third-order valence-electron chi connectivity index (χ3n) is 3.46. The second-order valence-electron chi connectivity index (χ2n) is 4.89. The van der Waals surface area contributed by atoms with Crippen LogP contribution in [-0.2, 0) is 4.79 Å². The SMILES string of the molecule is COc1ccc([C@H]2Sc3cc(F)ccc3NC(=O)[C@H]2O)cc1. The molecule has 1 heterocycles. The Labute approximate surface area is 131 Å². The molecule has 0 fully saturated rings. The molecule has 22 heavy (non-hydrogen) atoms. The zero-order valence-corrected chi connectivity index (χ0v) is 12.6. The molecule has 0 saturated carbocycles. The summed E-state index contributed by atoms with van der Waals surface area (Å²) in [5.74, 6) is -0.197. The Morgan fingerprint density at radius 2 is 1.95 bits per heavy atom. The number of carbonyl (C=O) groups excluding carboxylic acids is 1. The minimum atomic E-state index is -1.23. The van der Waals surface area contributed by atoms with Crippen LogP contribution in [0.3, 0.4) is 0 Å². The van der Waals surface area contributed by atoms with Gasteiger partial charge in [0.2, 0.25) is 0 Å². The molecular weight excluding hydrogens is 305 g/mol. The number of rotatable bonds is 2. The molecule has 114 valence electrons. The zero-order valence-electron chi connectivity index (χ0n) is 11.7. The number of fused-ring (bicyclic) bond motifs is 1. The van der Waals surface area contributed by atoms with Crippen LogP contribution in [0.4, 0.5) is 10.1 Å². The van der Waals surface area contributed by atoms with Gasteiger partial charge in [-0.25, -0.2) is 4.39 Å². The summed E-state index contributed by atoms with van der Waals surface area (Å²) in [6.45, 7) is 0. The summed E-state index contributed by atoms with van der Waals surface area (Å²) in [4.78, 5) is 12.7. The molecule has 1 amide bonds. The molecule has 6 heteroatoms. The summed E-state index contributed by atoms with van der Waals surface area (Å²) in [7, 11) is 1.57. The topological polar surface area (TPSA) is 58.6 Å². The van der Waals surface area contributed by atoms with Gasteiger partial charge in [-0.2, -0.15) is 0 Å². The van der Waals surface area contributed by atoms with Gasteiger partial charge in [0.05, 0.1) is 18.0 Å². The molecule has 0 radical (unpaired) electrons. The summed E-state index contributed by atoms with van der Waals surface area (Å²) in [6.07, 6.45) is -1.23. The van der Waals surface area contributed by atoms with Crippen molar-refractivity contribution in [3.05, 3.63) is 53.8 Å². The van der Waals surface area contributed by atoms with E-state index in [1.54, 1.807) is 31.4 Å². The lowest BCUT2D eigenvalue weighted by molar-refractivity contribution is -0.124. The lowest BCUT2D eigenvalue weighted by Crippen LogP contribution is -2.30. The van der Waals surface area contributed by atoms with E-state index in [2.05, 4.69) is 5.32 Å². The Balaban J connectivity index is 2.00. The van der Waals surface area contributed by atoms with Gasteiger partial charge < -0.3 is 15.2 Å². The van der Waals surface area contributed by atoms with Crippen LogP contribution in [0.2, 0.25) is 0 Å². The van der Waals surface area contributed by atoms with Crippen molar-refractivity contribution in [2.45, 2.75) is 16.2 Å². The Bertz CT molecular complexity index is 705. The molecule has 3 rings (SSSR count). The van der Waals surface area contributed by atoms with Gasteiger partial charge >= 0.3 is 0 Å². The number of aliphatic hydroxyl groups excluding tert-OH is 1. The number of anilines is 1. The molecule has 0 aliphatic carbocycles. The summed E-state index contributed by atoms with van der Waals surface area (Å²) < 4.78 is 18.5. The van der Waals surface area contributed by atoms with E-state index in [1.165, 1.54) is 30.0 Å². The average Bonchev–Trinajstić information content (AvgIpc) is 2.65. The number of thioether (sulfide) groups is 1. The monoisotopic (exact) mass is 319 g/mol. The van der Waals surface area contributed by atoms with Crippen molar-refractivity contribution in [1.82, 2.24) is 0 Å². The van der Waals surface area contributed by atoms with Gasteiger partial charge in [0.25, 0.3) is 5.91 Å². The fraction of sp³-hybridized carbons (Fsp3) is 0.188. The minimum absolute atomic E-state index is 0.384. The zero-order chi connectivity index (χ0) is 15.7. The first kappa shape index (κ1) is 14.9. The summed E-state index contributed by atoms with van der Waals surface area (Å²) >= 11 is 1.26. The van der Waals surface area contributed by atoms with Crippen molar-refractivity contribution in [1.29, 1.82) is 0 Å². The molecule has 0 saturated heterocycles. The molecule has 0 spiro atoms. The Morgan fingerprint density at radius 1 is 1.23 bits per heavy atom. The number of hydrogen-bond acceptors (Lipinski definition) is 4. The first-order valence-electron chi connectivity index (χ1n) is 6.67. The second kappa shape index (κ2) is 5.98. The lowest BCUT2D eigenvalue weighted by Gasteiger charge is -2.19. The van der Waals surface area contributed by atoms with Crippen molar-refractivity contribution in [2.75, 3.05) is 12.4 Å². The molecule has 2 atom stereocenters. The van der Waals surface area contributed by atoms with Gasteiger partial charge in [0.1, 0.15) is 17.7 Å². The molecule has 1 aliphatic rings. The quantitative estimate of drug-likeness (QED) is 0.893. The van der Waals surface area contributed by atoms with Gasteiger partial charge in [-0.1, -0.05) is 12.1 Å². The standard InChI is InChI=1S/C16H14FNO3S/c1-21-11-5-2-9(3-6-11)15-14(19)16(20)18-12-7-4-10(17)8-13(12)22-15/h2-8,14-15,19H,1H3,(H,18,20)/t14-,15+/m0/s1. The fourth-order valence-corrected chi connectivity index (χ4v) is 3.53. The van der Waals surface area contributed by atoms with Crippen molar-refractivity contribution in [3.8, 4) is 5.75 Å². The Kier molecular flexibility index (Phi) is 4.04. The number of halogens is 1. The van der Waals surface area contributed by atoms with Crippen LogP contribution >= 0.6 is 11.8 Å². The van der Waals surface area contributed by atoms with E-state index in [0.29, 0.717) is 16.3 Å². The fourth-order valence-electron chi connectivity index (χ4n) is 2.29. The number of aliphatic hydroxyl groups is 1. The van der Waals surface area contributed by atoms with Crippen LogP contribution in [-0.4, -0.2) is 24.2 Å². The van der Waals surface area contributed by atoms with Gasteiger partial charge in [-0.3, -0.25) is 4.79 Å². The van der Waals surface area contributed by atoms with Crippen LogP contribution in [0.5, 0.6) is 5.75 Å². The number of benzene rings is 2. The van der Waals surface area contributed by atoms with E-state index in [1.807, 2.05) is 0 Å². The number of hydrogen-bond donors (Lipinski definition) is 2. The normalized spacial score (nSPS) is 20.8. The molecule has 1 aliphatic heterocycles. The molecule has 0 bridgehead atoms. The summed E-state index contributed by atoms with van der Waals surface area (Å²) in [6, 6.07) is 11.2. The maximum Gasteiger partial charge on any atom is 0.254 e. The van der Waals surface area contributed by atoms with Crippen molar-refractivity contribution in [3.63, 3.8) is 0 Å². The highest BCUT2D eigenvalue weighted by atomic mass is 32.2. The van der Waals surface area contributed by atoms with Crippen LogP contribution in [0, 0.1) is 5.82 Å². The molecule has 4 nitrogen and oxygen atoms in total. The van der Waals surface area contributed by atoms with E-state index >= 15 is 0 Å². The molecule has 0 unspecified atom stereocenters. The maximum atomic E-state index is 13.4. The van der Waals surface area contributed by atoms with Crippen molar-refractivity contribution < 1.29 is 19.0 Å². The maximum absolute atomic E-state index is 13.4. The third kappa shape index (κ3) is 2.80. The molecular formula is C16H14FNO3S. The van der Waals surface area contributed by atoms with Crippen molar-refractivity contribution in [2.24, 2.45) is 0 Å². The van der Waals surface area contributed by atoms with E-state index in [4.69, 9.17) is 4.74 Å².